The second-order valence-corrected chi connectivity index (χ2v) is 6.08. The second-order valence-electron chi connectivity index (χ2n) is 6.08. The molecule has 0 bridgehead atoms. The zero-order chi connectivity index (χ0) is 17.3. The number of amides is 1. The molecule has 5 nitrogen and oxygen atoms in total. The highest BCUT2D eigenvalue weighted by atomic mass is 16.2. The molecule has 0 saturated heterocycles. The van der Waals surface area contributed by atoms with E-state index in [-0.39, 0.29) is 11.6 Å². The lowest BCUT2D eigenvalue weighted by Gasteiger charge is -2.07. The number of carbonyl (C=O) groups excluding carboxylic acids is 1. The van der Waals surface area contributed by atoms with E-state index in [1.54, 1.807) is 23.2 Å². The van der Waals surface area contributed by atoms with E-state index < -0.39 is 0 Å². The normalized spacial score (nSPS) is 11.0. The smallest absolute Gasteiger partial charge is 0.326 e. The molecule has 0 fully saturated rings. The minimum absolute atomic E-state index is 0.0291. The van der Waals surface area contributed by atoms with Crippen LogP contribution in [0.15, 0.2) is 47.3 Å². The van der Waals surface area contributed by atoms with E-state index >= 15 is 0 Å². The number of benzene rings is 2. The maximum atomic E-state index is 12.2. The van der Waals surface area contributed by atoms with Crippen molar-refractivity contribution in [2.75, 3.05) is 5.32 Å². The van der Waals surface area contributed by atoms with Crippen molar-refractivity contribution in [2.24, 2.45) is 14.1 Å². The Hall–Kier alpha value is -2.82. The van der Waals surface area contributed by atoms with Crippen molar-refractivity contribution < 1.29 is 4.79 Å². The van der Waals surface area contributed by atoms with Crippen molar-refractivity contribution >= 4 is 22.6 Å². The molecule has 0 saturated carbocycles. The van der Waals surface area contributed by atoms with Gasteiger partial charge < -0.3 is 5.32 Å². The van der Waals surface area contributed by atoms with Gasteiger partial charge in [-0.05, 0) is 42.7 Å². The number of carbonyl (C=O) groups is 1. The molecule has 0 unspecified atom stereocenters. The number of hydrogen-bond donors (Lipinski definition) is 1. The quantitative estimate of drug-likeness (QED) is 0.802. The highest BCUT2D eigenvalue weighted by molar-refractivity contribution is 5.93. The van der Waals surface area contributed by atoms with Gasteiger partial charge >= 0.3 is 5.69 Å². The van der Waals surface area contributed by atoms with Gasteiger partial charge in [0.2, 0.25) is 5.91 Å². The number of nitrogens with one attached hydrogen (secondary N) is 1. The maximum absolute atomic E-state index is 12.2. The van der Waals surface area contributed by atoms with E-state index in [9.17, 15) is 9.59 Å². The van der Waals surface area contributed by atoms with Crippen LogP contribution in [0.1, 0.15) is 17.5 Å². The van der Waals surface area contributed by atoms with Crippen LogP contribution in [-0.2, 0) is 25.3 Å². The van der Waals surface area contributed by atoms with Gasteiger partial charge in [-0.1, -0.05) is 24.3 Å². The standard InChI is InChI=1S/C19H21N3O2/c1-13-6-4-5-7-14(13)8-11-18(23)20-15-9-10-16-17(12-15)22(3)19(24)21(16)2/h4-7,9-10,12H,8,11H2,1-3H3,(H,20,23). The van der Waals surface area contributed by atoms with Gasteiger partial charge in [-0.15, -0.1) is 0 Å². The molecule has 124 valence electrons. The van der Waals surface area contributed by atoms with Gasteiger partial charge in [0.05, 0.1) is 11.0 Å². The third-order valence-electron chi connectivity index (χ3n) is 4.44. The maximum Gasteiger partial charge on any atom is 0.328 e. The fraction of sp³-hybridized carbons (Fsp3) is 0.263. The lowest BCUT2D eigenvalue weighted by atomic mass is 10.0. The lowest BCUT2D eigenvalue weighted by molar-refractivity contribution is -0.116. The highest BCUT2D eigenvalue weighted by Gasteiger charge is 2.10. The summed E-state index contributed by atoms with van der Waals surface area (Å²) in [6.07, 6.45) is 1.14. The summed E-state index contributed by atoms with van der Waals surface area (Å²) in [5, 5.41) is 2.92. The van der Waals surface area contributed by atoms with Crippen LogP contribution in [0.2, 0.25) is 0 Å². The van der Waals surface area contributed by atoms with Crippen LogP contribution in [0.5, 0.6) is 0 Å². The number of aromatic nitrogens is 2. The molecule has 0 radical (unpaired) electrons. The minimum Gasteiger partial charge on any atom is -0.326 e. The molecule has 24 heavy (non-hydrogen) atoms. The number of aryl methyl sites for hydroxylation is 4. The Morgan fingerprint density at radius 2 is 1.75 bits per heavy atom. The summed E-state index contributed by atoms with van der Waals surface area (Å²) >= 11 is 0. The fourth-order valence-electron chi connectivity index (χ4n) is 2.95. The van der Waals surface area contributed by atoms with Gasteiger partial charge in [0.25, 0.3) is 0 Å². The van der Waals surface area contributed by atoms with E-state index in [1.807, 2.05) is 30.3 Å². The van der Waals surface area contributed by atoms with E-state index in [1.165, 1.54) is 11.1 Å². The number of nitrogens with zero attached hydrogens (tertiary/aromatic N) is 2. The molecule has 3 rings (SSSR count). The first kappa shape index (κ1) is 16.1. The van der Waals surface area contributed by atoms with Gasteiger partial charge in [-0.2, -0.15) is 0 Å². The largest absolute Gasteiger partial charge is 0.328 e. The van der Waals surface area contributed by atoms with Crippen molar-refractivity contribution in [1.29, 1.82) is 0 Å². The van der Waals surface area contributed by atoms with E-state index in [0.717, 1.165) is 11.0 Å². The predicted octanol–water partition coefficient (Wildman–Crippen LogP) is 2.76. The molecule has 0 aliphatic rings. The van der Waals surface area contributed by atoms with Gasteiger partial charge in [-0.25, -0.2) is 4.79 Å². The lowest BCUT2D eigenvalue weighted by Crippen LogP contribution is -2.19. The van der Waals surface area contributed by atoms with Gasteiger partial charge in [0.15, 0.2) is 0 Å². The van der Waals surface area contributed by atoms with Gasteiger partial charge in [-0.3, -0.25) is 13.9 Å². The summed E-state index contributed by atoms with van der Waals surface area (Å²) in [4.78, 5) is 24.2. The number of anilines is 1. The van der Waals surface area contributed by atoms with Crippen molar-refractivity contribution in [3.63, 3.8) is 0 Å². The van der Waals surface area contributed by atoms with Crippen LogP contribution in [0.3, 0.4) is 0 Å². The molecule has 2 aromatic carbocycles. The summed E-state index contributed by atoms with van der Waals surface area (Å²) in [6.45, 7) is 2.05. The number of hydrogen-bond acceptors (Lipinski definition) is 2. The zero-order valence-corrected chi connectivity index (χ0v) is 14.2. The monoisotopic (exact) mass is 323 g/mol. The average Bonchev–Trinajstić information content (AvgIpc) is 2.78. The van der Waals surface area contributed by atoms with Crippen molar-refractivity contribution in [1.82, 2.24) is 9.13 Å². The molecule has 0 aliphatic carbocycles. The van der Waals surface area contributed by atoms with Crippen LogP contribution in [0.4, 0.5) is 5.69 Å². The van der Waals surface area contributed by atoms with Crippen LogP contribution in [0.25, 0.3) is 11.0 Å². The van der Waals surface area contributed by atoms with Crippen LogP contribution < -0.4 is 11.0 Å². The minimum atomic E-state index is -0.0759. The average molecular weight is 323 g/mol. The third kappa shape index (κ3) is 2.97. The van der Waals surface area contributed by atoms with Crippen molar-refractivity contribution in [3.8, 4) is 0 Å². The summed E-state index contributed by atoms with van der Waals surface area (Å²) in [7, 11) is 3.47. The first-order valence-corrected chi connectivity index (χ1v) is 7.97. The Morgan fingerprint density at radius 1 is 1.04 bits per heavy atom. The van der Waals surface area contributed by atoms with Crippen molar-refractivity contribution in [3.05, 3.63) is 64.1 Å². The SMILES string of the molecule is Cc1ccccc1CCC(=O)Nc1ccc2c(c1)n(C)c(=O)n2C. The molecule has 1 aromatic heterocycles. The van der Waals surface area contributed by atoms with E-state index in [0.29, 0.717) is 18.5 Å². The number of imidazole rings is 1. The summed E-state index contributed by atoms with van der Waals surface area (Å²) in [5.74, 6) is -0.0291. The van der Waals surface area contributed by atoms with Crippen LogP contribution in [0, 0.1) is 6.92 Å². The number of fused-ring (bicyclic) bond motifs is 1. The van der Waals surface area contributed by atoms with Crippen LogP contribution >= 0.6 is 0 Å². The molecule has 3 aromatic rings. The Morgan fingerprint density at radius 3 is 2.50 bits per heavy atom. The fourth-order valence-corrected chi connectivity index (χ4v) is 2.95. The molecule has 0 atom stereocenters. The first-order chi connectivity index (χ1) is 11.5. The van der Waals surface area contributed by atoms with Crippen molar-refractivity contribution in [2.45, 2.75) is 19.8 Å². The molecule has 0 spiro atoms. The molecule has 1 amide bonds. The first-order valence-electron chi connectivity index (χ1n) is 7.97. The third-order valence-corrected chi connectivity index (χ3v) is 4.44. The Labute approximate surface area is 140 Å². The Bertz CT molecular complexity index is 966. The number of rotatable bonds is 4. The molecular weight excluding hydrogens is 302 g/mol. The molecular formula is C19H21N3O2. The van der Waals surface area contributed by atoms with E-state index in [4.69, 9.17) is 0 Å². The molecule has 0 aliphatic heterocycles. The topological polar surface area (TPSA) is 56.0 Å². The summed E-state index contributed by atoms with van der Waals surface area (Å²) in [6, 6.07) is 13.6. The summed E-state index contributed by atoms with van der Waals surface area (Å²) < 4.78 is 3.18. The van der Waals surface area contributed by atoms with Crippen LogP contribution in [-0.4, -0.2) is 15.0 Å². The van der Waals surface area contributed by atoms with Gasteiger partial charge in [0, 0.05) is 26.2 Å². The molecule has 5 heteroatoms. The molecule has 1 heterocycles. The zero-order valence-electron chi connectivity index (χ0n) is 14.2. The molecule has 1 N–H and O–H groups in total. The highest BCUT2D eigenvalue weighted by Crippen LogP contribution is 2.18. The van der Waals surface area contributed by atoms with Gasteiger partial charge in [0.1, 0.15) is 0 Å². The van der Waals surface area contributed by atoms with E-state index in [2.05, 4.69) is 24.4 Å². The Kier molecular flexibility index (Phi) is 4.25. The summed E-state index contributed by atoms with van der Waals surface area (Å²) in [5.41, 5.74) is 4.67. The Balaban J connectivity index is 1.73. The predicted molar refractivity (Wildman–Crippen MR) is 96.3 cm³/mol. The second kappa shape index (κ2) is 6.35.